The highest BCUT2D eigenvalue weighted by molar-refractivity contribution is 5.92. The molecule has 21 heavy (non-hydrogen) atoms. The molecule has 0 saturated heterocycles. The zero-order valence-corrected chi connectivity index (χ0v) is 12.5. The minimum atomic E-state index is -0.541. The molecule has 1 amide bonds. The molecule has 0 aliphatic rings. The third kappa shape index (κ3) is 5.15. The third-order valence-electron chi connectivity index (χ3n) is 2.91. The Bertz CT molecular complexity index is 549. The van der Waals surface area contributed by atoms with E-state index in [2.05, 4.69) is 0 Å². The average Bonchev–Trinajstić information content (AvgIpc) is 2.49. The molecule has 6 nitrogen and oxygen atoms in total. The summed E-state index contributed by atoms with van der Waals surface area (Å²) in [6.45, 7) is -0.00402. The number of amides is 1. The van der Waals surface area contributed by atoms with Crippen molar-refractivity contribution >= 4 is 17.6 Å². The Morgan fingerprint density at radius 1 is 1.29 bits per heavy atom. The highest BCUT2D eigenvalue weighted by Crippen LogP contribution is 2.14. The third-order valence-corrected chi connectivity index (χ3v) is 2.91. The number of anilines is 1. The molecular formula is C15H19N3O3. The summed E-state index contributed by atoms with van der Waals surface area (Å²) in [4.78, 5) is 26.8. The zero-order valence-electron chi connectivity index (χ0n) is 12.5. The number of nitrogens with zero attached hydrogens (tertiary/aromatic N) is 3. The van der Waals surface area contributed by atoms with Crippen LogP contribution < -0.4 is 4.90 Å². The first-order valence-corrected chi connectivity index (χ1v) is 6.51. The maximum absolute atomic E-state index is 11.9. The first kappa shape index (κ1) is 16.5. The van der Waals surface area contributed by atoms with Crippen LogP contribution in [-0.4, -0.2) is 51.1 Å². The van der Waals surface area contributed by atoms with Crippen LogP contribution >= 0.6 is 0 Å². The molecule has 0 N–H and O–H groups in total. The summed E-state index contributed by atoms with van der Waals surface area (Å²) in [5.74, 6) is -0.872. The van der Waals surface area contributed by atoms with E-state index in [4.69, 9.17) is 10.00 Å². The lowest BCUT2D eigenvalue weighted by atomic mass is 10.2. The number of ether oxygens (including phenoxy) is 1. The molecule has 0 fully saturated rings. The van der Waals surface area contributed by atoms with Crippen LogP contribution in [0.2, 0.25) is 0 Å². The van der Waals surface area contributed by atoms with Crippen molar-refractivity contribution in [2.45, 2.75) is 6.42 Å². The van der Waals surface area contributed by atoms with E-state index in [9.17, 15) is 9.59 Å². The Balaban J connectivity index is 2.56. The second kappa shape index (κ2) is 7.90. The lowest BCUT2D eigenvalue weighted by molar-refractivity contribution is -0.133. The summed E-state index contributed by atoms with van der Waals surface area (Å²) in [6.07, 6.45) is 0.251. The Labute approximate surface area is 124 Å². The number of carbonyl (C=O) groups is 2. The van der Waals surface area contributed by atoms with Gasteiger partial charge in [0, 0.05) is 33.4 Å². The monoisotopic (exact) mass is 289 g/mol. The molecule has 0 aliphatic carbocycles. The predicted molar refractivity (Wildman–Crippen MR) is 78.9 cm³/mol. The number of rotatable bonds is 6. The smallest absolute Gasteiger partial charge is 0.338 e. The van der Waals surface area contributed by atoms with Gasteiger partial charge in [-0.05, 0) is 18.2 Å². The van der Waals surface area contributed by atoms with Gasteiger partial charge in [-0.3, -0.25) is 4.79 Å². The van der Waals surface area contributed by atoms with Gasteiger partial charge < -0.3 is 14.5 Å². The topological polar surface area (TPSA) is 73.6 Å². The molecule has 1 aromatic rings. The molecule has 0 saturated carbocycles. The zero-order chi connectivity index (χ0) is 15.8. The average molecular weight is 289 g/mol. The molecule has 0 aromatic heterocycles. The van der Waals surface area contributed by atoms with E-state index in [1.165, 1.54) is 4.90 Å². The second-order valence-electron chi connectivity index (χ2n) is 4.74. The van der Waals surface area contributed by atoms with Gasteiger partial charge in [-0.2, -0.15) is 5.26 Å². The Kier molecular flexibility index (Phi) is 6.21. The van der Waals surface area contributed by atoms with Crippen LogP contribution in [0.1, 0.15) is 16.8 Å². The molecule has 0 heterocycles. The van der Waals surface area contributed by atoms with Crippen molar-refractivity contribution in [3.8, 4) is 6.07 Å². The lowest BCUT2D eigenvalue weighted by Gasteiger charge is -2.16. The van der Waals surface area contributed by atoms with E-state index in [-0.39, 0.29) is 18.9 Å². The van der Waals surface area contributed by atoms with E-state index in [0.29, 0.717) is 12.1 Å². The molecule has 0 bridgehead atoms. The summed E-state index contributed by atoms with van der Waals surface area (Å²) in [5, 5.41) is 8.46. The number of benzene rings is 1. The quantitative estimate of drug-likeness (QED) is 0.738. The van der Waals surface area contributed by atoms with E-state index < -0.39 is 5.97 Å². The molecule has 0 atom stereocenters. The summed E-state index contributed by atoms with van der Waals surface area (Å²) < 4.78 is 4.99. The van der Waals surface area contributed by atoms with Gasteiger partial charge in [-0.1, -0.05) is 6.07 Å². The van der Waals surface area contributed by atoms with Gasteiger partial charge in [-0.25, -0.2) is 4.79 Å². The van der Waals surface area contributed by atoms with Crippen molar-refractivity contribution in [3.05, 3.63) is 29.8 Å². The fraction of sp³-hybridized carbons (Fsp3) is 0.400. The maximum Gasteiger partial charge on any atom is 0.338 e. The van der Waals surface area contributed by atoms with Crippen molar-refractivity contribution in [2.24, 2.45) is 0 Å². The van der Waals surface area contributed by atoms with E-state index in [0.717, 1.165) is 5.69 Å². The molecule has 112 valence electrons. The molecule has 0 spiro atoms. The number of likely N-dealkylation sites (N-methyl/N-ethyl adjacent to an activating group) is 1. The fourth-order valence-electron chi connectivity index (χ4n) is 1.57. The second-order valence-corrected chi connectivity index (χ2v) is 4.74. The molecule has 0 radical (unpaired) electrons. The van der Waals surface area contributed by atoms with E-state index in [1.807, 2.05) is 31.1 Å². The number of esters is 1. The Morgan fingerprint density at radius 2 is 2.00 bits per heavy atom. The van der Waals surface area contributed by atoms with Gasteiger partial charge in [0.1, 0.15) is 0 Å². The SMILES string of the molecule is CN(CCC#N)C(=O)COC(=O)c1cccc(N(C)C)c1. The maximum atomic E-state index is 11.9. The number of carbonyl (C=O) groups excluding carboxylic acids is 2. The minimum Gasteiger partial charge on any atom is -0.452 e. The van der Waals surface area contributed by atoms with Gasteiger partial charge in [0.05, 0.1) is 18.1 Å². The van der Waals surface area contributed by atoms with Gasteiger partial charge in [-0.15, -0.1) is 0 Å². The molecule has 1 aromatic carbocycles. The highest BCUT2D eigenvalue weighted by Gasteiger charge is 2.13. The summed E-state index contributed by atoms with van der Waals surface area (Å²) in [6, 6.07) is 8.92. The minimum absolute atomic E-state index is 0.251. The van der Waals surface area contributed by atoms with Crippen molar-refractivity contribution in [2.75, 3.05) is 39.2 Å². The van der Waals surface area contributed by atoms with Gasteiger partial charge in [0.15, 0.2) is 6.61 Å². The van der Waals surface area contributed by atoms with Crippen molar-refractivity contribution in [1.82, 2.24) is 4.90 Å². The van der Waals surface area contributed by atoms with E-state index in [1.54, 1.807) is 25.2 Å². The number of hydrogen-bond acceptors (Lipinski definition) is 5. The first-order valence-electron chi connectivity index (χ1n) is 6.51. The molecule has 1 rings (SSSR count). The predicted octanol–water partition coefficient (Wildman–Crippen LogP) is 1.28. The van der Waals surface area contributed by atoms with Gasteiger partial charge in [0.25, 0.3) is 5.91 Å². The molecular weight excluding hydrogens is 270 g/mol. The highest BCUT2D eigenvalue weighted by atomic mass is 16.5. The lowest BCUT2D eigenvalue weighted by Crippen LogP contribution is -2.31. The first-order chi connectivity index (χ1) is 9.95. The van der Waals surface area contributed by atoms with Crippen molar-refractivity contribution in [3.63, 3.8) is 0 Å². The summed E-state index contributed by atoms with van der Waals surface area (Å²) >= 11 is 0. The van der Waals surface area contributed by atoms with Crippen LogP contribution in [0.25, 0.3) is 0 Å². The number of nitriles is 1. The van der Waals surface area contributed by atoms with Crippen LogP contribution in [0.3, 0.4) is 0 Å². The van der Waals surface area contributed by atoms with Crippen LogP contribution in [-0.2, 0) is 9.53 Å². The van der Waals surface area contributed by atoms with Crippen molar-refractivity contribution in [1.29, 1.82) is 5.26 Å². The normalized spacial score (nSPS) is 9.62. The Hall–Kier alpha value is -2.55. The van der Waals surface area contributed by atoms with Crippen LogP contribution in [0.5, 0.6) is 0 Å². The Morgan fingerprint density at radius 3 is 2.62 bits per heavy atom. The van der Waals surface area contributed by atoms with Gasteiger partial charge in [0.2, 0.25) is 0 Å². The standard InChI is InChI=1S/C15H19N3O3/c1-17(2)13-7-4-6-12(10-13)15(20)21-11-14(19)18(3)9-5-8-16/h4,6-7,10H,5,9,11H2,1-3H3. The van der Waals surface area contributed by atoms with Crippen LogP contribution in [0.4, 0.5) is 5.69 Å². The summed E-state index contributed by atoms with van der Waals surface area (Å²) in [7, 11) is 5.32. The molecule has 6 heteroatoms. The summed E-state index contributed by atoms with van der Waals surface area (Å²) in [5.41, 5.74) is 1.27. The fourth-order valence-corrected chi connectivity index (χ4v) is 1.57. The largest absolute Gasteiger partial charge is 0.452 e. The van der Waals surface area contributed by atoms with Crippen LogP contribution in [0.15, 0.2) is 24.3 Å². The number of hydrogen-bond donors (Lipinski definition) is 0. The van der Waals surface area contributed by atoms with Crippen molar-refractivity contribution < 1.29 is 14.3 Å². The van der Waals surface area contributed by atoms with Crippen LogP contribution in [0, 0.1) is 11.3 Å². The molecule has 0 aliphatic heterocycles. The van der Waals surface area contributed by atoms with Gasteiger partial charge >= 0.3 is 5.97 Å². The molecule has 0 unspecified atom stereocenters. The van der Waals surface area contributed by atoms with E-state index >= 15 is 0 Å².